The van der Waals surface area contributed by atoms with E-state index in [1.165, 1.54) is 18.3 Å². The predicted molar refractivity (Wildman–Crippen MR) is 96.1 cm³/mol. The summed E-state index contributed by atoms with van der Waals surface area (Å²) in [6.45, 7) is 0. The zero-order chi connectivity index (χ0) is 18.7. The molecule has 26 heavy (non-hydrogen) atoms. The van der Waals surface area contributed by atoms with Crippen LogP contribution >= 0.6 is 23.2 Å². The van der Waals surface area contributed by atoms with E-state index in [-0.39, 0.29) is 27.4 Å². The normalized spacial score (nSPS) is 10.5. The van der Waals surface area contributed by atoms with Gasteiger partial charge < -0.3 is 10.6 Å². The summed E-state index contributed by atoms with van der Waals surface area (Å²) in [5.41, 5.74) is -0.233. The number of carbonyl (C=O) groups excluding carboxylic acids is 1. The molecule has 0 bridgehead atoms. The second-order valence-electron chi connectivity index (χ2n) is 5.04. The van der Waals surface area contributed by atoms with Crippen LogP contribution in [0, 0.1) is 11.6 Å². The first kappa shape index (κ1) is 18.0. The summed E-state index contributed by atoms with van der Waals surface area (Å²) >= 11 is 12.0. The third kappa shape index (κ3) is 3.89. The van der Waals surface area contributed by atoms with Gasteiger partial charge in [0, 0.05) is 6.20 Å². The van der Waals surface area contributed by atoms with E-state index in [9.17, 15) is 13.6 Å². The van der Waals surface area contributed by atoms with Gasteiger partial charge in [-0.2, -0.15) is 0 Å². The van der Waals surface area contributed by atoms with Crippen molar-refractivity contribution in [1.29, 1.82) is 0 Å². The maximum absolute atomic E-state index is 13.7. The smallest absolute Gasteiger partial charge is 0.274 e. The lowest BCUT2D eigenvalue weighted by Gasteiger charge is -2.10. The van der Waals surface area contributed by atoms with E-state index >= 15 is 0 Å². The number of carbonyl (C=O) groups is 1. The summed E-state index contributed by atoms with van der Waals surface area (Å²) in [7, 11) is 0. The fourth-order valence-corrected chi connectivity index (χ4v) is 2.56. The Labute approximate surface area is 157 Å². The molecule has 2 aromatic carbocycles. The minimum absolute atomic E-state index is 0.0461. The van der Waals surface area contributed by atoms with E-state index in [0.717, 1.165) is 12.1 Å². The standard InChI is InChI=1S/C17H10Cl2F2N4O/c18-9-3-1-4-10(19)14(9)24-16(26)13-7-8-22-17(23-13)25-15-11(20)5-2-6-12(15)21/h1-8H,(H,24,26)(H,22,23,25). The molecule has 1 heterocycles. The van der Waals surface area contributed by atoms with Gasteiger partial charge in [0.25, 0.3) is 5.91 Å². The first-order valence-electron chi connectivity index (χ1n) is 7.25. The van der Waals surface area contributed by atoms with Crippen LogP contribution in [0.25, 0.3) is 0 Å². The van der Waals surface area contributed by atoms with Crippen molar-refractivity contribution >= 4 is 46.4 Å². The molecular formula is C17H10Cl2F2N4O. The Morgan fingerprint density at radius 1 is 0.923 bits per heavy atom. The van der Waals surface area contributed by atoms with Gasteiger partial charge in [-0.3, -0.25) is 4.79 Å². The van der Waals surface area contributed by atoms with Crippen LogP contribution in [0.4, 0.5) is 26.1 Å². The number of nitrogens with one attached hydrogen (secondary N) is 2. The lowest BCUT2D eigenvalue weighted by atomic mass is 10.3. The second kappa shape index (κ2) is 7.63. The predicted octanol–water partition coefficient (Wildman–Crippen LogP) is 5.06. The first-order valence-corrected chi connectivity index (χ1v) is 8.01. The number of para-hydroxylation sites is 2. The molecule has 0 radical (unpaired) electrons. The van der Waals surface area contributed by atoms with Gasteiger partial charge in [-0.15, -0.1) is 0 Å². The molecule has 3 rings (SSSR count). The third-order valence-corrected chi connectivity index (χ3v) is 3.92. The highest BCUT2D eigenvalue weighted by Gasteiger charge is 2.15. The molecule has 0 atom stereocenters. The van der Waals surface area contributed by atoms with E-state index in [1.54, 1.807) is 18.2 Å². The van der Waals surface area contributed by atoms with Crippen molar-refractivity contribution in [2.24, 2.45) is 0 Å². The molecule has 0 fully saturated rings. The Hall–Kier alpha value is -2.77. The minimum Gasteiger partial charge on any atom is -0.319 e. The van der Waals surface area contributed by atoms with Crippen LogP contribution in [0.3, 0.4) is 0 Å². The molecule has 0 aliphatic heterocycles. The second-order valence-corrected chi connectivity index (χ2v) is 5.85. The fourth-order valence-electron chi connectivity index (χ4n) is 2.07. The Bertz CT molecular complexity index is 944. The maximum atomic E-state index is 13.7. The molecule has 3 aromatic rings. The minimum atomic E-state index is -0.814. The van der Waals surface area contributed by atoms with E-state index in [4.69, 9.17) is 23.2 Å². The lowest BCUT2D eigenvalue weighted by Crippen LogP contribution is -2.15. The number of hydrogen-bond acceptors (Lipinski definition) is 4. The van der Waals surface area contributed by atoms with Crippen molar-refractivity contribution in [3.63, 3.8) is 0 Å². The zero-order valence-electron chi connectivity index (χ0n) is 12.9. The van der Waals surface area contributed by atoms with Crippen molar-refractivity contribution in [2.45, 2.75) is 0 Å². The number of anilines is 3. The monoisotopic (exact) mass is 394 g/mol. The van der Waals surface area contributed by atoms with Crippen molar-refractivity contribution in [3.05, 3.63) is 76.0 Å². The first-order chi connectivity index (χ1) is 12.5. The fraction of sp³-hybridized carbons (Fsp3) is 0. The molecule has 1 aromatic heterocycles. The van der Waals surface area contributed by atoms with Gasteiger partial charge in [-0.25, -0.2) is 18.7 Å². The Kier molecular flexibility index (Phi) is 5.29. The highest BCUT2D eigenvalue weighted by atomic mass is 35.5. The molecule has 5 nitrogen and oxygen atoms in total. The van der Waals surface area contributed by atoms with Crippen LogP contribution in [-0.2, 0) is 0 Å². The summed E-state index contributed by atoms with van der Waals surface area (Å²) in [4.78, 5) is 20.2. The van der Waals surface area contributed by atoms with Crippen LogP contribution in [0.2, 0.25) is 10.0 Å². The van der Waals surface area contributed by atoms with E-state index in [2.05, 4.69) is 20.6 Å². The number of hydrogen-bond donors (Lipinski definition) is 2. The molecule has 0 saturated carbocycles. The molecule has 0 saturated heterocycles. The van der Waals surface area contributed by atoms with E-state index < -0.39 is 23.2 Å². The molecule has 132 valence electrons. The number of halogens is 4. The largest absolute Gasteiger partial charge is 0.319 e. The van der Waals surface area contributed by atoms with Crippen LogP contribution in [0.5, 0.6) is 0 Å². The number of benzene rings is 2. The van der Waals surface area contributed by atoms with Crippen LogP contribution in [0.1, 0.15) is 10.5 Å². The van der Waals surface area contributed by atoms with Gasteiger partial charge in [-0.1, -0.05) is 35.3 Å². The lowest BCUT2D eigenvalue weighted by molar-refractivity contribution is 0.102. The number of aromatic nitrogens is 2. The van der Waals surface area contributed by atoms with Gasteiger partial charge in [0.2, 0.25) is 5.95 Å². The molecule has 0 aliphatic rings. The van der Waals surface area contributed by atoms with Crippen molar-refractivity contribution in [1.82, 2.24) is 9.97 Å². The summed E-state index contributed by atoms with van der Waals surface area (Å²) < 4.78 is 27.4. The Morgan fingerprint density at radius 2 is 1.54 bits per heavy atom. The van der Waals surface area contributed by atoms with Gasteiger partial charge >= 0.3 is 0 Å². The van der Waals surface area contributed by atoms with E-state index in [1.807, 2.05) is 0 Å². The summed E-state index contributed by atoms with van der Waals surface area (Å²) in [6.07, 6.45) is 1.28. The average molecular weight is 395 g/mol. The zero-order valence-corrected chi connectivity index (χ0v) is 14.4. The van der Waals surface area contributed by atoms with Crippen LogP contribution in [-0.4, -0.2) is 15.9 Å². The highest BCUT2D eigenvalue weighted by Crippen LogP contribution is 2.30. The molecular weight excluding hydrogens is 385 g/mol. The van der Waals surface area contributed by atoms with Crippen LogP contribution < -0.4 is 10.6 Å². The number of amides is 1. The molecule has 2 N–H and O–H groups in total. The summed E-state index contributed by atoms with van der Waals surface area (Å²) in [5, 5.41) is 5.47. The molecule has 0 unspecified atom stereocenters. The van der Waals surface area contributed by atoms with Crippen molar-refractivity contribution < 1.29 is 13.6 Å². The molecule has 1 amide bonds. The molecule has 0 spiro atoms. The van der Waals surface area contributed by atoms with Crippen molar-refractivity contribution in [2.75, 3.05) is 10.6 Å². The van der Waals surface area contributed by atoms with Gasteiger partial charge in [-0.05, 0) is 30.3 Å². The Balaban J connectivity index is 1.84. The average Bonchev–Trinajstić information content (AvgIpc) is 2.62. The maximum Gasteiger partial charge on any atom is 0.274 e. The summed E-state index contributed by atoms with van der Waals surface area (Å²) in [6, 6.07) is 9.50. The van der Waals surface area contributed by atoms with Crippen molar-refractivity contribution in [3.8, 4) is 0 Å². The quantitative estimate of drug-likeness (QED) is 0.648. The van der Waals surface area contributed by atoms with E-state index in [0.29, 0.717) is 0 Å². The SMILES string of the molecule is O=C(Nc1c(Cl)cccc1Cl)c1ccnc(Nc2c(F)cccc2F)n1. The molecule has 9 heteroatoms. The summed E-state index contributed by atoms with van der Waals surface area (Å²) in [5.74, 6) is -2.39. The van der Waals surface area contributed by atoms with Crippen LogP contribution in [0.15, 0.2) is 48.7 Å². The number of rotatable bonds is 4. The highest BCUT2D eigenvalue weighted by molar-refractivity contribution is 6.40. The van der Waals surface area contributed by atoms with Gasteiger partial charge in [0.1, 0.15) is 23.0 Å². The Morgan fingerprint density at radius 3 is 2.19 bits per heavy atom. The van der Waals surface area contributed by atoms with Gasteiger partial charge in [0.05, 0.1) is 15.7 Å². The van der Waals surface area contributed by atoms with Gasteiger partial charge in [0.15, 0.2) is 0 Å². The third-order valence-electron chi connectivity index (χ3n) is 3.29. The molecule has 0 aliphatic carbocycles. The number of nitrogens with zero attached hydrogens (tertiary/aromatic N) is 2. The topological polar surface area (TPSA) is 66.9 Å².